The number of nitrogens with zero attached hydrogens (tertiary/aromatic N) is 1. The molecule has 0 aliphatic carbocycles. The zero-order valence-corrected chi connectivity index (χ0v) is 10.7. The lowest BCUT2D eigenvalue weighted by molar-refractivity contribution is 0.414. The molecule has 0 radical (unpaired) electrons. The van der Waals surface area contributed by atoms with E-state index in [1.165, 1.54) is 5.56 Å². The van der Waals surface area contributed by atoms with E-state index in [-0.39, 0.29) is 0 Å². The van der Waals surface area contributed by atoms with Crippen LogP contribution in [0.4, 0.5) is 5.69 Å². The maximum Gasteiger partial charge on any atom is 0.139 e. The van der Waals surface area contributed by atoms with Gasteiger partial charge in [-0.1, -0.05) is 12.1 Å². The molecule has 1 aromatic carbocycles. The number of ether oxygens (including phenoxy) is 1. The first-order valence-electron chi connectivity index (χ1n) is 6.11. The maximum atomic E-state index is 5.92. The van der Waals surface area contributed by atoms with E-state index in [0.717, 1.165) is 34.6 Å². The molecule has 0 fully saturated rings. The number of hydrogen-bond acceptors (Lipinski definition) is 3. The molecule has 3 rings (SSSR count). The lowest BCUT2D eigenvalue weighted by Gasteiger charge is -2.01. The molecular weight excluding hydrogens is 238 g/mol. The molecular formula is C15H15N3O. The number of fused-ring (bicyclic) bond motifs is 1. The van der Waals surface area contributed by atoms with Gasteiger partial charge >= 0.3 is 0 Å². The standard InChI is InChI=1S/C15H15N3O/c1-19-12-4-2-10(3-5-12)8-11-9-13-14(16)6-7-17-15(13)18-11/h2-7,9H,8H2,1H3,(H3,16,17,18). The fraction of sp³-hybridized carbons (Fsp3) is 0.133. The Morgan fingerprint density at radius 2 is 2.00 bits per heavy atom. The third-order valence-electron chi connectivity index (χ3n) is 3.18. The van der Waals surface area contributed by atoms with Crippen LogP contribution in [0.3, 0.4) is 0 Å². The van der Waals surface area contributed by atoms with Crippen molar-refractivity contribution in [3.05, 3.63) is 53.9 Å². The van der Waals surface area contributed by atoms with Gasteiger partial charge in [0.2, 0.25) is 0 Å². The third-order valence-corrected chi connectivity index (χ3v) is 3.18. The predicted octanol–water partition coefficient (Wildman–Crippen LogP) is 2.74. The molecule has 96 valence electrons. The van der Waals surface area contributed by atoms with Gasteiger partial charge in [-0.05, 0) is 29.8 Å². The smallest absolute Gasteiger partial charge is 0.139 e. The summed E-state index contributed by atoms with van der Waals surface area (Å²) in [5.41, 5.74) is 9.83. The quantitative estimate of drug-likeness (QED) is 0.754. The molecule has 0 aliphatic rings. The van der Waals surface area contributed by atoms with E-state index in [4.69, 9.17) is 10.5 Å². The number of anilines is 1. The van der Waals surface area contributed by atoms with Crippen molar-refractivity contribution in [2.24, 2.45) is 0 Å². The highest BCUT2D eigenvalue weighted by atomic mass is 16.5. The Balaban J connectivity index is 1.90. The molecule has 19 heavy (non-hydrogen) atoms. The Morgan fingerprint density at radius 3 is 2.68 bits per heavy atom. The Hall–Kier alpha value is -2.49. The van der Waals surface area contributed by atoms with E-state index >= 15 is 0 Å². The van der Waals surface area contributed by atoms with E-state index in [1.807, 2.05) is 18.2 Å². The fourth-order valence-electron chi connectivity index (χ4n) is 2.16. The molecule has 3 N–H and O–H groups in total. The van der Waals surface area contributed by atoms with Gasteiger partial charge in [-0.15, -0.1) is 0 Å². The second-order valence-corrected chi connectivity index (χ2v) is 4.48. The van der Waals surface area contributed by atoms with Crippen LogP contribution >= 0.6 is 0 Å². The van der Waals surface area contributed by atoms with Crippen LogP contribution in [0.1, 0.15) is 11.3 Å². The summed E-state index contributed by atoms with van der Waals surface area (Å²) in [6.07, 6.45) is 2.53. The van der Waals surface area contributed by atoms with Crippen molar-refractivity contribution in [1.82, 2.24) is 9.97 Å². The molecule has 0 amide bonds. The Kier molecular flexibility index (Phi) is 2.83. The van der Waals surface area contributed by atoms with Gasteiger partial charge in [0.05, 0.1) is 7.11 Å². The van der Waals surface area contributed by atoms with Crippen LogP contribution in [0.5, 0.6) is 5.75 Å². The average Bonchev–Trinajstić information content (AvgIpc) is 2.84. The topological polar surface area (TPSA) is 63.9 Å². The highest BCUT2D eigenvalue weighted by Crippen LogP contribution is 2.21. The molecule has 0 atom stereocenters. The molecule has 0 saturated carbocycles. The van der Waals surface area contributed by atoms with Gasteiger partial charge < -0.3 is 15.5 Å². The summed E-state index contributed by atoms with van der Waals surface area (Å²) < 4.78 is 5.15. The highest BCUT2D eigenvalue weighted by molar-refractivity contribution is 5.88. The number of nitrogens with two attached hydrogens (primary N) is 1. The minimum absolute atomic E-state index is 0.752. The molecule has 2 aromatic heterocycles. The van der Waals surface area contributed by atoms with Crippen LogP contribution in [-0.2, 0) is 6.42 Å². The van der Waals surface area contributed by atoms with E-state index in [2.05, 4.69) is 28.2 Å². The number of benzene rings is 1. The Bertz CT molecular complexity index is 701. The van der Waals surface area contributed by atoms with E-state index in [0.29, 0.717) is 0 Å². The maximum absolute atomic E-state index is 5.92. The number of nitrogen functional groups attached to an aromatic ring is 1. The summed E-state index contributed by atoms with van der Waals surface area (Å²) in [6.45, 7) is 0. The second-order valence-electron chi connectivity index (χ2n) is 4.48. The van der Waals surface area contributed by atoms with Crippen molar-refractivity contribution < 1.29 is 4.74 Å². The van der Waals surface area contributed by atoms with Crippen LogP contribution in [0.15, 0.2) is 42.6 Å². The Labute approximate surface area is 111 Å². The number of H-pyrrole nitrogens is 1. The Morgan fingerprint density at radius 1 is 1.21 bits per heavy atom. The summed E-state index contributed by atoms with van der Waals surface area (Å²) in [5, 5.41) is 0.978. The first-order chi connectivity index (χ1) is 9.26. The van der Waals surface area contributed by atoms with Crippen molar-refractivity contribution in [3.63, 3.8) is 0 Å². The molecule has 0 bridgehead atoms. The van der Waals surface area contributed by atoms with Gasteiger partial charge in [-0.25, -0.2) is 4.98 Å². The lowest BCUT2D eigenvalue weighted by atomic mass is 10.1. The normalized spacial score (nSPS) is 10.8. The van der Waals surface area contributed by atoms with Gasteiger partial charge in [0.15, 0.2) is 0 Å². The van der Waals surface area contributed by atoms with Crippen LogP contribution in [-0.4, -0.2) is 17.1 Å². The number of pyridine rings is 1. The van der Waals surface area contributed by atoms with E-state index in [1.54, 1.807) is 13.3 Å². The van der Waals surface area contributed by atoms with Crippen molar-refractivity contribution in [2.75, 3.05) is 12.8 Å². The van der Waals surface area contributed by atoms with Crippen molar-refractivity contribution in [3.8, 4) is 5.75 Å². The van der Waals surface area contributed by atoms with Gasteiger partial charge in [-0.3, -0.25) is 0 Å². The SMILES string of the molecule is COc1ccc(Cc2cc3c(N)ccnc3[nH]2)cc1. The molecule has 0 spiro atoms. The minimum atomic E-state index is 0.752. The van der Waals surface area contributed by atoms with Gasteiger partial charge in [0.25, 0.3) is 0 Å². The van der Waals surface area contributed by atoms with Crippen LogP contribution in [0.25, 0.3) is 11.0 Å². The summed E-state index contributed by atoms with van der Waals surface area (Å²) in [4.78, 5) is 7.57. The molecule has 0 saturated heterocycles. The number of rotatable bonds is 3. The van der Waals surface area contributed by atoms with Crippen LogP contribution < -0.4 is 10.5 Å². The molecule has 3 aromatic rings. The first-order valence-corrected chi connectivity index (χ1v) is 6.11. The minimum Gasteiger partial charge on any atom is -0.497 e. The number of aromatic amines is 1. The number of hydrogen-bond donors (Lipinski definition) is 2. The van der Waals surface area contributed by atoms with Gasteiger partial charge in [0, 0.05) is 29.4 Å². The molecule has 2 heterocycles. The monoisotopic (exact) mass is 253 g/mol. The van der Waals surface area contributed by atoms with Crippen molar-refractivity contribution >= 4 is 16.7 Å². The van der Waals surface area contributed by atoms with Crippen LogP contribution in [0, 0.1) is 0 Å². The van der Waals surface area contributed by atoms with E-state index < -0.39 is 0 Å². The number of methoxy groups -OCH3 is 1. The molecule has 0 unspecified atom stereocenters. The average molecular weight is 253 g/mol. The first kappa shape index (κ1) is 11.6. The number of aromatic nitrogens is 2. The van der Waals surface area contributed by atoms with E-state index in [9.17, 15) is 0 Å². The largest absolute Gasteiger partial charge is 0.497 e. The fourth-order valence-corrected chi connectivity index (χ4v) is 2.16. The van der Waals surface area contributed by atoms with Crippen molar-refractivity contribution in [1.29, 1.82) is 0 Å². The summed E-state index contributed by atoms with van der Waals surface area (Å²) in [5.74, 6) is 0.867. The second kappa shape index (κ2) is 4.65. The van der Waals surface area contributed by atoms with Gasteiger partial charge in [0.1, 0.15) is 11.4 Å². The highest BCUT2D eigenvalue weighted by Gasteiger charge is 2.05. The molecule has 4 nitrogen and oxygen atoms in total. The summed E-state index contributed by atoms with van der Waals surface area (Å²) in [6, 6.07) is 11.9. The zero-order chi connectivity index (χ0) is 13.2. The lowest BCUT2D eigenvalue weighted by Crippen LogP contribution is -1.89. The predicted molar refractivity (Wildman–Crippen MR) is 76.3 cm³/mol. The third kappa shape index (κ3) is 2.25. The summed E-state index contributed by atoms with van der Waals surface area (Å²) >= 11 is 0. The summed E-state index contributed by atoms with van der Waals surface area (Å²) in [7, 11) is 1.67. The van der Waals surface area contributed by atoms with Gasteiger partial charge in [-0.2, -0.15) is 0 Å². The van der Waals surface area contributed by atoms with Crippen LogP contribution in [0.2, 0.25) is 0 Å². The zero-order valence-electron chi connectivity index (χ0n) is 10.7. The van der Waals surface area contributed by atoms with Crippen molar-refractivity contribution in [2.45, 2.75) is 6.42 Å². The molecule has 0 aliphatic heterocycles. The number of nitrogens with one attached hydrogen (secondary N) is 1. The molecule has 4 heteroatoms.